The van der Waals surface area contributed by atoms with Crippen LogP contribution in [0.1, 0.15) is 51.5 Å². The SMILES string of the molecule is CC.Cc1cccnc1OC1CCC(CCO)CC1.PS. The number of thiol groups is 1. The van der Waals surface area contributed by atoms with E-state index in [0.717, 1.165) is 43.5 Å². The van der Waals surface area contributed by atoms with E-state index in [1.165, 1.54) is 0 Å². The molecular formula is C16H30NO2PS. The monoisotopic (exact) mass is 331 g/mol. The summed E-state index contributed by atoms with van der Waals surface area (Å²) in [6.45, 7) is 6.34. The van der Waals surface area contributed by atoms with Crippen LogP contribution in [0.5, 0.6) is 5.88 Å². The summed E-state index contributed by atoms with van der Waals surface area (Å²) in [7, 11) is 2.11. The van der Waals surface area contributed by atoms with Crippen molar-refractivity contribution in [2.75, 3.05) is 6.61 Å². The molecule has 0 spiro atoms. The predicted octanol–water partition coefficient (Wildman–Crippen LogP) is 4.44. The van der Waals surface area contributed by atoms with Crippen molar-refractivity contribution in [3.8, 4) is 5.88 Å². The molecule has 1 aliphatic carbocycles. The third-order valence-electron chi connectivity index (χ3n) is 3.57. The highest BCUT2D eigenvalue weighted by Gasteiger charge is 2.22. The first-order chi connectivity index (χ1) is 10.3. The van der Waals surface area contributed by atoms with Gasteiger partial charge in [0.1, 0.15) is 6.10 Å². The lowest BCUT2D eigenvalue weighted by atomic mass is 9.85. The van der Waals surface area contributed by atoms with Crippen LogP contribution < -0.4 is 4.74 Å². The molecule has 1 heterocycles. The second-order valence-electron chi connectivity index (χ2n) is 4.90. The highest BCUT2D eigenvalue weighted by Crippen LogP contribution is 2.29. The summed E-state index contributed by atoms with van der Waals surface area (Å²) in [5.74, 6) is 1.46. The normalized spacial score (nSPS) is 20.5. The van der Waals surface area contributed by atoms with Gasteiger partial charge >= 0.3 is 0 Å². The van der Waals surface area contributed by atoms with Crippen molar-refractivity contribution >= 4 is 20.7 Å². The average molecular weight is 331 g/mol. The summed E-state index contributed by atoms with van der Waals surface area (Å²) in [5, 5.41) is 8.91. The van der Waals surface area contributed by atoms with Gasteiger partial charge in [0.2, 0.25) is 5.88 Å². The summed E-state index contributed by atoms with van der Waals surface area (Å²) < 4.78 is 5.94. The summed E-state index contributed by atoms with van der Waals surface area (Å²) >= 11 is 3.44. The molecule has 0 saturated heterocycles. The molecule has 2 rings (SSSR count). The fraction of sp³-hybridized carbons (Fsp3) is 0.688. The van der Waals surface area contributed by atoms with E-state index in [4.69, 9.17) is 9.84 Å². The van der Waals surface area contributed by atoms with Gasteiger partial charge in [-0.1, -0.05) is 28.4 Å². The minimum Gasteiger partial charge on any atom is -0.474 e. The second kappa shape index (κ2) is 13.4. The lowest BCUT2D eigenvalue weighted by molar-refractivity contribution is 0.115. The lowest BCUT2D eigenvalue weighted by Crippen LogP contribution is -2.25. The van der Waals surface area contributed by atoms with E-state index in [1.807, 2.05) is 32.9 Å². The zero-order chi connectivity index (χ0) is 16.1. The Labute approximate surface area is 137 Å². The molecular weight excluding hydrogens is 301 g/mol. The standard InChI is InChI=1S/C14H21NO2.C2H6.H3PS/c1-11-3-2-9-15-14(11)17-13-6-4-12(5-7-13)8-10-16;2*1-2/h2-3,9,12-13,16H,4-8,10H2,1H3;1-2H3;2H,1H2. The molecule has 122 valence electrons. The van der Waals surface area contributed by atoms with Crippen LogP contribution in [-0.2, 0) is 0 Å². The minimum absolute atomic E-state index is 0.304. The molecule has 5 heteroatoms. The highest BCUT2D eigenvalue weighted by atomic mass is 32.7. The van der Waals surface area contributed by atoms with Crippen molar-refractivity contribution in [2.45, 2.75) is 59.0 Å². The maximum absolute atomic E-state index is 8.91. The van der Waals surface area contributed by atoms with Crippen molar-refractivity contribution in [2.24, 2.45) is 5.92 Å². The van der Waals surface area contributed by atoms with Gasteiger partial charge in [-0.05, 0) is 51.0 Å². The highest BCUT2D eigenvalue weighted by molar-refractivity contribution is 8.31. The Morgan fingerprint density at radius 1 is 1.29 bits per heavy atom. The number of aliphatic hydroxyl groups is 1. The number of hydrogen-bond acceptors (Lipinski definition) is 4. The summed E-state index contributed by atoms with van der Waals surface area (Å²) in [6, 6.07) is 3.96. The van der Waals surface area contributed by atoms with Gasteiger partial charge < -0.3 is 9.84 Å². The van der Waals surface area contributed by atoms with Gasteiger partial charge in [-0.25, -0.2) is 4.98 Å². The van der Waals surface area contributed by atoms with Gasteiger partial charge in [-0.3, -0.25) is 0 Å². The van der Waals surface area contributed by atoms with Crippen molar-refractivity contribution in [3.63, 3.8) is 0 Å². The fourth-order valence-electron chi connectivity index (χ4n) is 2.47. The van der Waals surface area contributed by atoms with Gasteiger partial charge in [0.15, 0.2) is 0 Å². The molecule has 1 aliphatic rings. The number of nitrogens with zero attached hydrogens (tertiary/aromatic N) is 1. The Morgan fingerprint density at radius 2 is 1.90 bits per heavy atom. The summed E-state index contributed by atoms with van der Waals surface area (Å²) in [5.41, 5.74) is 1.10. The maximum atomic E-state index is 8.91. The second-order valence-corrected chi connectivity index (χ2v) is 4.90. The third kappa shape index (κ3) is 8.04. The number of aromatic nitrogens is 1. The third-order valence-corrected chi connectivity index (χ3v) is 3.57. The Kier molecular flexibility index (Phi) is 13.2. The lowest BCUT2D eigenvalue weighted by Gasteiger charge is -2.28. The number of ether oxygens (including phenoxy) is 1. The van der Waals surface area contributed by atoms with E-state index in [1.54, 1.807) is 6.20 Å². The van der Waals surface area contributed by atoms with Crippen LogP contribution in [0.15, 0.2) is 18.3 Å². The molecule has 3 nitrogen and oxygen atoms in total. The molecule has 1 atom stereocenters. The fourth-order valence-corrected chi connectivity index (χ4v) is 2.47. The molecule has 1 saturated carbocycles. The number of pyridine rings is 1. The molecule has 1 aromatic heterocycles. The molecule has 0 bridgehead atoms. The number of rotatable bonds is 4. The van der Waals surface area contributed by atoms with E-state index < -0.39 is 0 Å². The van der Waals surface area contributed by atoms with Crippen LogP contribution in [0.4, 0.5) is 0 Å². The topological polar surface area (TPSA) is 42.4 Å². The largest absolute Gasteiger partial charge is 0.474 e. The summed E-state index contributed by atoms with van der Waals surface area (Å²) in [4.78, 5) is 4.27. The minimum atomic E-state index is 0.304. The first-order valence-corrected chi connectivity index (χ1v) is 9.81. The molecule has 0 aromatic carbocycles. The Balaban J connectivity index is 0.000000921. The van der Waals surface area contributed by atoms with E-state index in [9.17, 15) is 0 Å². The van der Waals surface area contributed by atoms with Crippen LogP contribution in [0.25, 0.3) is 0 Å². The zero-order valence-electron chi connectivity index (χ0n) is 13.5. The van der Waals surface area contributed by atoms with E-state index >= 15 is 0 Å². The first kappa shape index (κ1) is 20.7. The molecule has 1 N–H and O–H groups in total. The smallest absolute Gasteiger partial charge is 0.216 e. The molecule has 1 unspecified atom stereocenters. The van der Waals surface area contributed by atoms with Crippen molar-refractivity contribution in [1.29, 1.82) is 0 Å². The Morgan fingerprint density at radius 3 is 2.43 bits per heavy atom. The molecule has 0 aliphatic heterocycles. The summed E-state index contributed by atoms with van der Waals surface area (Å²) in [6.07, 6.45) is 7.52. The van der Waals surface area contributed by atoms with Crippen LogP contribution in [0, 0.1) is 12.8 Å². The molecule has 0 amide bonds. The van der Waals surface area contributed by atoms with Crippen LogP contribution >= 0.6 is 20.7 Å². The van der Waals surface area contributed by atoms with E-state index in [2.05, 4.69) is 25.7 Å². The van der Waals surface area contributed by atoms with Crippen molar-refractivity contribution < 1.29 is 9.84 Å². The predicted molar refractivity (Wildman–Crippen MR) is 97.1 cm³/mol. The Hall–Kier alpha value is -0.310. The first-order valence-electron chi connectivity index (χ1n) is 7.74. The molecule has 1 fully saturated rings. The molecule has 0 radical (unpaired) electrons. The van der Waals surface area contributed by atoms with Gasteiger partial charge in [0, 0.05) is 18.4 Å². The van der Waals surface area contributed by atoms with Crippen LogP contribution in [-0.4, -0.2) is 22.8 Å². The van der Waals surface area contributed by atoms with Crippen molar-refractivity contribution in [3.05, 3.63) is 23.9 Å². The number of hydrogen-bond donors (Lipinski definition) is 2. The number of aliphatic hydroxyl groups excluding tert-OH is 1. The van der Waals surface area contributed by atoms with Gasteiger partial charge in [-0.2, -0.15) is 12.2 Å². The van der Waals surface area contributed by atoms with Crippen LogP contribution in [0.2, 0.25) is 0 Å². The van der Waals surface area contributed by atoms with Crippen molar-refractivity contribution in [1.82, 2.24) is 4.98 Å². The van der Waals surface area contributed by atoms with Crippen LogP contribution in [0.3, 0.4) is 0 Å². The van der Waals surface area contributed by atoms with Gasteiger partial charge in [0.25, 0.3) is 0 Å². The van der Waals surface area contributed by atoms with Gasteiger partial charge in [-0.15, -0.1) is 0 Å². The van der Waals surface area contributed by atoms with E-state index in [0.29, 0.717) is 18.6 Å². The molecule has 1 aromatic rings. The average Bonchev–Trinajstić information content (AvgIpc) is 2.56. The zero-order valence-corrected chi connectivity index (χ0v) is 15.5. The molecule has 21 heavy (non-hydrogen) atoms. The Bertz CT molecular complexity index is 358. The quantitative estimate of drug-likeness (QED) is 0.633. The maximum Gasteiger partial charge on any atom is 0.216 e. The number of aryl methyl sites for hydroxylation is 1. The van der Waals surface area contributed by atoms with Gasteiger partial charge in [0.05, 0.1) is 0 Å². The van der Waals surface area contributed by atoms with E-state index in [-0.39, 0.29) is 0 Å².